The molecule has 3 fully saturated rings. The van der Waals surface area contributed by atoms with Crippen LogP contribution in [0.3, 0.4) is 0 Å². The van der Waals surface area contributed by atoms with E-state index in [4.69, 9.17) is 0 Å². The zero-order valence-electron chi connectivity index (χ0n) is 11.2. The molecule has 17 heavy (non-hydrogen) atoms. The smallest absolute Gasteiger partial charge is 0.412 e. The van der Waals surface area contributed by atoms with E-state index in [1.54, 1.807) is 77.0 Å². The van der Waals surface area contributed by atoms with Gasteiger partial charge in [-0.05, 0) is 0 Å². The number of rotatable bonds is 3. The van der Waals surface area contributed by atoms with E-state index in [1.807, 2.05) is 0 Å². The van der Waals surface area contributed by atoms with E-state index >= 15 is 0 Å². The van der Waals surface area contributed by atoms with Crippen molar-refractivity contribution in [2.45, 2.75) is 88.9 Å². The fourth-order valence-corrected chi connectivity index (χ4v) is 19.7. The Morgan fingerprint density at radius 2 is 0.706 bits per heavy atom. The Kier molecular flexibility index (Phi) is 5.66. The minimum absolute atomic E-state index is 0. The molecule has 99 valence electrons. The minimum atomic E-state index is -1.04. The fraction of sp³-hybridized carbons (Fsp3) is 1.00. The van der Waals surface area contributed by atoms with Gasteiger partial charge in [0.05, 0.1) is 0 Å². The second kappa shape index (κ2) is 6.79. The Balaban J connectivity index is 0.00000108. The van der Waals surface area contributed by atoms with E-state index in [0.717, 1.165) is 0 Å². The zero-order valence-corrected chi connectivity index (χ0v) is 14.1. The van der Waals surface area contributed by atoms with Crippen molar-refractivity contribution in [2.75, 3.05) is 0 Å². The summed E-state index contributed by atoms with van der Waals surface area (Å²) in [6, 6.07) is 0. The van der Waals surface area contributed by atoms with Gasteiger partial charge in [0.25, 0.3) is 0 Å². The molecule has 0 saturated heterocycles. The summed E-state index contributed by atoms with van der Waals surface area (Å²) in [6.45, 7) is 0. The molecule has 0 aromatic rings. The minimum Gasteiger partial charge on any atom is -0.412 e. The van der Waals surface area contributed by atoms with Gasteiger partial charge in [0, 0.05) is 0 Å². The van der Waals surface area contributed by atoms with Crippen LogP contribution >= 0.6 is 0 Å². The maximum atomic E-state index is 1.67. The third kappa shape index (κ3) is 3.20. The molecule has 1 radical (unpaired) electrons. The van der Waals surface area contributed by atoms with Gasteiger partial charge in [-0.3, -0.25) is 0 Å². The van der Waals surface area contributed by atoms with Gasteiger partial charge in [0.1, 0.15) is 0 Å². The van der Waals surface area contributed by atoms with Crippen LogP contribution in [0.5, 0.6) is 0 Å². The molecule has 0 heterocycles. The summed E-state index contributed by atoms with van der Waals surface area (Å²) in [5.74, 6) is 0. The number of hydrogen-bond donors (Lipinski definition) is 0. The Bertz CT molecular complexity index is 175. The van der Waals surface area contributed by atoms with Crippen LogP contribution in [-0.2, 0) is 0 Å². The van der Waals surface area contributed by atoms with Crippen molar-refractivity contribution in [1.29, 1.82) is 0 Å². The standard InChI is InChI=1S/3C5H9.H2O.Sn/c3*1-2-4-5-3-1;;/h3*1H,2-5H2;1H2;. The molecule has 0 unspecified atom stereocenters. The zero-order chi connectivity index (χ0) is 10.8. The van der Waals surface area contributed by atoms with E-state index in [1.165, 1.54) is 11.8 Å². The van der Waals surface area contributed by atoms with E-state index in [9.17, 15) is 0 Å². The van der Waals surface area contributed by atoms with E-state index in [2.05, 4.69) is 0 Å². The molecule has 3 rings (SSSR count). The van der Waals surface area contributed by atoms with Gasteiger partial charge in [-0.1, -0.05) is 0 Å². The second-order valence-corrected chi connectivity index (χ2v) is 16.3. The molecule has 0 aromatic carbocycles. The molecule has 0 bridgehead atoms. The molecule has 3 aliphatic rings. The van der Waals surface area contributed by atoms with Crippen molar-refractivity contribution in [3.8, 4) is 0 Å². The molecule has 3 aliphatic carbocycles. The Hall–Kier alpha value is 0.759. The van der Waals surface area contributed by atoms with E-state index in [0.29, 0.717) is 0 Å². The molecule has 0 aliphatic heterocycles. The normalized spacial score (nSPS) is 28.1. The maximum absolute atomic E-state index is 1.67. The van der Waals surface area contributed by atoms with Gasteiger partial charge in [-0.25, -0.2) is 0 Å². The van der Waals surface area contributed by atoms with Crippen LogP contribution in [0.4, 0.5) is 0 Å². The van der Waals surface area contributed by atoms with Gasteiger partial charge in [-0.15, -0.1) is 0 Å². The van der Waals surface area contributed by atoms with Crippen molar-refractivity contribution in [3.63, 3.8) is 0 Å². The fourth-order valence-electron chi connectivity index (χ4n) is 4.78. The van der Waals surface area contributed by atoms with Crippen LogP contribution in [-0.4, -0.2) is 25.2 Å². The first-order valence-corrected chi connectivity index (χ1v) is 12.8. The van der Waals surface area contributed by atoms with Crippen molar-refractivity contribution in [3.05, 3.63) is 0 Å². The van der Waals surface area contributed by atoms with E-state index < -0.39 is 19.8 Å². The largest absolute Gasteiger partial charge is 0.412 e. The predicted octanol–water partition coefficient (Wildman–Crippen LogP) is 4.49. The van der Waals surface area contributed by atoms with Crippen molar-refractivity contribution >= 4 is 19.8 Å². The van der Waals surface area contributed by atoms with Gasteiger partial charge in [0.2, 0.25) is 0 Å². The molecule has 1 nitrogen and oxygen atoms in total. The molecule has 0 spiro atoms. The summed E-state index contributed by atoms with van der Waals surface area (Å²) >= 11 is -1.04. The summed E-state index contributed by atoms with van der Waals surface area (Å²) in [6.07, 6.45) is 19.6. The molecule has 0 amide bonds. The average Bonchev–Trinajstić information content (AvgIpc) is 3.02. The Labute approximate surface area is 114 Å². The van der Waals surface area contributed by atoms with Crippen molar-refractivity contribution < 1.29 is 5.48 Å². The quantitative estimate of drug-likeness (QED) is 0.676. The third-order valence-electron chi connectivity index (χ3n) is 5.48. The van der Waals surface area contributed by atoms with Crippen LogP contribution < -0.4 is 0 Å². The molecule has 2 N–H and O–H groups in total. The molecular formula is C15H29OSn. The first-order chi connectivity index (χ1) is 7.95. The average molecular weight is 344 g/mol. The van der Waals surface area contributed by atoms with Crippen LogP contribution in [0.2, 0.25) is 11.8 Å². The molecule has 0 atom stereocenters. The third-order valence-corrected chi connectivity index (χ3v) is 18.5. The first-order valence-electron chi connectivity index (χ1n) is 7.82. The Morgan fingerprint density at radius 1 is 0.471 bits per heavy atom. The summed E-state index contributed by atoms with van der Waals surface area (Å²) in [4.78, 5) is 0. The van der Waals surface area contributed by atoms with Crippen LogP contribution in [0, 0.1) is 0 Å². The Morgan fingerprint density at radius 3 is 0.941 bits per heavy atom. The monoisotopic (exact) mass is 345 g/mol. The summed E-state index contributed by atoms with van der Waals surface area (Å²) in [7, 11) is 0. The van der Waals surface area contributed by atoms with Crippen LogP contribution in [0.1, 0.15) is 77.0 Å². The second-order valence-electron chi connectivity index (χ2n) is 6.44. The molecule has 0 aromatic heterocycles. The summed E-state index contributed by atoms with van der Waals surface area (Å²) < 4.78 is 4.02. The molecule has 3 saturated carbocycles. The summed E-state index contributed by atoms with van der Waals surface area (Å²) in [5, 5.41) is 0. The maximum Gasteiger partial charge on any atom is -0.412 e. The first kappa shape index (κ1) is 14.2. The molecule has 2 heteroatoms. The van der Waals surface area contributed by atoms with E-state index in [-0.39, 0.29) is 5.48 Å². The van der Waals surface area contributed by atoms with Gasteiger partial charge in [-0.2, -0.15) is 0 Å². The van der Waals surface area contributed by atoms with Crippen LogP contribution in [0.25, 0.3) is 0 Å². The van der Waals surface area contributed by atoms with Gasteiger partial charge < -0.3 is 5.48 Å². The number of hydrogen-bond acceptors (Lipinski definition) is 0. The molecular weight excluding hydrogens is 315 g/mol. The van der Waals surface area contributed by atoms with Gasteiger partial charge in [0.15, 0.2) is 0 Å². The van der Waals surface area contributed by atoms with Crippen molar-refractivity contribution in [2.24, 2.45) is 0 Å². The topological polar surface area (TPSA) is 31.5 Å². The SMILES string of the molecule is C1CC[CH]([Sn]([CH]2CCCC2)[CH]2CCCC2)C1.O. The summed E-state index contributed by atoms with van der Waals surface area (Å²) in [5.41, 5.74) is 0. The van der Waals surface area contributed by atoms with Crippen molar-refractivity contribution in [1.82, 2.24) is 0 Å². The van der Waals surface area contributed by atoms with Gasteiger partial charge >= 0.3 is 109 Å². The predicted molar refractivity (Wildman–Crippen MR) is 76.0 cm³/mol. The van der Waals surface area contributed by atoms with Crippen LogP contribution in [0.15, 0.2) is 0 Å².